The predicted octanol–water partition coefficient (Wildman–Crippen LogP) is 0.379. The molecule has 6 heteroatoms. The summed E-state index contributed by atoms with van der Waals surface area (Å²) in [4.78, 5) is 16.9. The van der Waals surface area contributed by atoms with Crippen LogP contribution in [-0.2, 0) is 11.3 Å². The van der Waals surface area contributed by atoms with E-state index in [-0.39, 0.29) is 11.9 Å². The predicted molar refractivity (Wildman–Crippen MR) is 74.1 cm³/mol. The minimum atomic E-state index is 0.0186. The average molecular weight is 278 g/mol. The van der Waals surface area contributed by atoms with Crippen LogP contribution in [0.5, 0.6) is 0 Å². The summed E-state index contributed by atoms with van der Waals surface area (Å²) in [6, 6.07) is 1.97. The van der Waals surface area contributed by atoms with Gasteiger partial charge in [0.2, 0.25) is 5.91 Å². The summed E-state index contributed by atoms with van der Waals surface area (Å²) in [7, 11) is 0. The van der Waals surface area contributed by atoms with Crippen LogP contribution < -0.4 is 5.32 Å². The maximum absolute atomic E-state index is 12.6. The van der Waals surface area contributed by atoms with Crippen molar-refractivity contribution in [3.63, 3.8) is 0 Å². The number of rotatable bonds is 3. The Labute approximate surface area is 119 Å². The van der Waals surface area contributed by atoms with E-state index in [0.717, 1.165) is 57.0 Å². The van der Waals surface area contributed by atoms with Crippen LogP contribution in [0, 0.1) is 6.92 Å². The van der Waals surface area contributed by atoms with Crippen LogP contribution in [0.25, 0.3) is 0 Å². The lowest BCUT2D eigenvalue weighted by Crippen LogP contribution is -2.52. The summed E-state index contributed by atoms with van der Waals surface area (Å²) in [5.41, 5.74) is 0.919. The lowest BCUT2D eigenvalue weighted by molar-refractivity contribution is -0.136. The van der Waals surface area contributed by atoms with Gasteiger partial charge in [-0.2, -0.15) is 0 Å². The highest BCUT2D eigenvalue weighted by atomic mass is 16.5. The first-order chi connectivity index (χ1) is 9.74. The molecular weight excluding hydrogens is 256 g/mol. The molecular formula is C14H22N4O2. The molecule has 2 saturated heterocycles. The van der Waals surface area contributed by atoms with Crippen LogP contribution in [0.4, 0.5) is 0 Å². The Kier molecular flexibility index (Phi) is 4.03. The number of hydrogen-bond acceptors (Lipinski definition) is 5. The first-order valence-corrected chi connectivity index (χ1v) is 7.40. The van der Waals surface area contributed by atoms with E-state index >= 15 is 0 Å². The van der Waals surface area contributed by atoms with E-state index in [4.69, 9.17) is 4.52 Å². The minimum Gasteiger partial charge on any atom is -0.361 e. The second-order valence-electron chi connectivity index (χ2n) is 5.63. The number of aryl methyl sites for hydroxylation is 1. The lowest BCUT2D eigenvalue weighted by Gasteiger charge is -2.32. The maximum Gasteiger partial charge on any atom is 0.240 e. The Morgan fingerprint density at radius 2 is 2.25 bits per heavy atom. The number of nitrogens with zero attached hydrogens (tertiary/aromatic N) is 3. The molecule has 1 N–H and O–H groups in total. The van der Waals surface area contributed by atoms with E-state index in [1.165, 1.54) is 0 Å². The zero-order valence-corrected chi connectivity index (χ0v) is 12.0. The fourth-order valence-corrected chi connectivity index (χ4v) is 3.09. The largest absolute Gasteiger partial charge is 0.361 e. The summed E-state index contributed by atoms with van der Waals surface area (Å²) in [6.07, 6.45) is 2.04. The van der Waals surface area contributed by atoms with Crippen molar-refractivity contribution in [2.45, 2.75) is 32.4 Å². The molecule has 0 saturated carbocycles. The third-order valence-electron chi connectivity index (χ3n) is 4.12. The standard InChI is InChI=1S/C14H22N4O2/c1-11-9-12(16-20-11)10-18-6-2-3-13(18)14(19)17-7-4-15-5-8-17/h9,13,15H,2-8,10H2,1H3. The molecule has 2 aliphatic heterocycles. The first-order valence-electron chi connectivity index (χ1n) is 7.40. The SMILES string of the molecule is Cc1cc(CN2CCCC2C(=O)N2CCNCC2)no1. The molecule has 0 bridgehead atoms. The monoisotopic (exact) mass is 278 g/mol. The summed E-state index contributed by atoms with van der Waals surface area (Å²) in [6.45, 7) is 7.03. The molecule has 1 aromatic rings. The number of piperazine rings is 1. The zero-order valence-electron chi connectivity index (χ0n) is 12.0. The van der Waals surface area contributed by atoms with Crippen LogP contribution in [0.2, 0.25) is 0 Å². The van der Waals surface area contributed by atoms with Gasteiger partial charge < -0.3 is 14.7 Å². The number of aromatic nitrogens is 1. The maximum atomic E-state index is 12.6. The van der Waals surface area contributed by atoms with Crippen LogP contribution in [0.15, 0.2) is 10.6 Å². The third-order valence-corrected chi connectivity index (χ3v) is 4.12. The minimum absolute atomic E-state index is 0.0186. The summed E-state index contributed by atoms with van der Waals surface area (Å²) >= 11 is 0. The number of carbonyl (C=O) groups excluding carboxylic acids is 1. The van der Waals surface area contributed by atoms with Gasteiger partial charge in [-0.3, -0.25) is 9.69 Å². The second-order valence-corrected chi connectivity index (χ2v) is 5.63. The second kappa shape index (κ2) is 5.93. The van der Waals surface area contributed by atoms with E-state index in [2.05, 4.69) is 15.4 Å². The van der Waals surface area contributed by atoms with E-state index < -0.39 is 0 Å². The molecule has 0 radical (unpaired) electrons. The van der Waals surface area contributed by atoms with Gasteiger partial charge in [0.25, 0.3) is 0 Å². The quantitative estimate of drug-likeness (QED) is 0.866. The average Bonchev–Trinajstić information content (AvgIpc) is 3.09. The van der Waals surface area contributed by atoms with Crippen LogP contribution >= 0.6 is 0 Å². The zero-order chi connectivity index (χ0) is 13.9. The normalized spacial score (nSPS) is 24.2. The molecule has 3 heterocycles. The van der Waals surface area contributed by atoms with E-state index in [1.807, 2.05) is 17.9 Å². The highest BCUT2D eigenvalue weighted by molar-refractivity contribution is 5.82. The third kappa shape index (κ3) is 2.86. The van der Waals surface area contributed by atoms with Crippen molar-refractivity contribution in [2.24, 2.45) is 0 Å². The first kappa shape index (κ1) is 13.6. The van der Waals surface area contributed by atoms with Gasteiger partial charge in [0.15, 0.2) is 0 Å². The Morgan fingerprint density at radius 3 is 2.95 bits per heavy atom. The number of carbonyl (C=O) groups is 1. The van der Waals surface area contributed by atoms with Crippen molar-refractivity contribution in [3.05, 3.63) is 17.5 Å². The molecule has 0 aliphatic carbocycles. The van der Waals surface area contributed by atoms with Crippen LogP contribution in [0.1, 0.15) is 24.3 Å². The van der Waals surface area contributed by atoms with Crippen molar-refractivity contribution >= 4 is 5.91 Å². The summed E-state index contributed by atoms with van der Waals surface area (Å²) in [5, 5.41) is 7.32. The van der Waals surface area contributed by atoms with Gasteiger partial charge in [0.1, 0.15) is 5.76 Å². The topological polar surface area (TPSA) is 61.6 Å². The van der Waals surface area contributed by atoms with Crippen LogP contribution in [-0.4, -0.2) is 59.6 Å². The number of likely N-dealkylation sites (tertiary alicyclic amines) is 1. The van der Waals surface area contributed by atoms with Gasteiger partial charge >= 0.3 is 0 Å². The molecule has 1 atom stereocenters. The van der Waals surface area contributed by atoms with Gasteiger partial charge in [-0.05, 0) is 26.3 Å². The molecule has 2 aliphatic rings. The Bertz CT molecular complexity index is 467. The molecule has 0 aromatic carbocycles. The van der Waals surface area contributed by atoms with E-state index in [1.54, 1.807) is 0 Å². The van der Waals surface area contributed by atoms with Crippen molar-refractivity contribution in [2.75, 3.05) is 32.7 Å². The van der Waals surface area contributed by atoms with Crippen molar-refractivity contribution in [1.29, 1.82) is 0 Å². The highest BCUT2D eigenvalue weighted by Gasteiger charge is 2.34. The molecule has 110 valence electrons. The number of hydrogen-bond donors (Lipinski definition) is 1. The fourth-order valence-electron chi connectivity index (χ4n) is 3.09. The smallest absolute Gasteiger partial charge is 0.240 e. The Balaban J connectivity index is 1.63. The summed E-state index contributed by atoms with van der Waals surface area (Å²) in [5.74, 6) is 1.10. The lowest BCUT2D eigenvalue weighted by atomic mass is 10.1. The van der Waals surface area contributed by atoms with E-state index in [0.29, 0.717) is 6.54 Å². The molecule has 0 spiro atoms. The number of nitrogens with one attached hydrogen (secondary N) is 1. The fraction of sp³-hybridized carbons (Fsp3) is 0.714. The number of amides is 1. The highest BCUT2D eigenvalue weighted by Crippen LogP contribution is 2.22. The van der Waals surface area contributed by atoms with Gasteiger partial charge in [-0.25, -0.2) is 0 Å². The van der Waals surface area contributed by atoms with E-state index in [9.17, 15) is 4.79 Å². The Morgan fingerprint density at radius 1 is 1.45 bits per heavy atom. The molecule has 3 rings (SSSR count). The van der Waals surface area contributed by atoms with Crippen molar-refractivity contribution in [1.82, 2.24) is 20.3 Å². The van der Waals surface area contributed by atoms with Crippen molar-refractivity contribution < 1.29 is 9.32 Å². The summed E-state index contributed by atoms with van der Waals surface area (Å²) < 4.78 is 5.11. The van der Waals surface area contributed by atoms with Gasteiger partial charge in [-0.15, -0.1) is 0 Å². The van der Waals surface area contributed by atoms with Gasteiger partial charge in [0.05, 0.1) is 11.7 Å². The van der Waals surface area contributed by atoms with Gasteiger partial charge in [0, 0.05) is 38.8 Å². The van der Waals surface area contributed by atoms with Crippen LogP contribution in [0.3, 0.4) is 0 Å². The Hall–Kier alpha value is -1.40. The molecule has 20 heavy (non-hydrogen) atoms. The molecule has 6 nitrogen and oxygen atoms in total. The molecule has 2 fully saturated rings. The molecule has 1 unspecified atom stereocenters. The molecule has 1 aromatic heterocycles. The van der Waals surface area contributed by atoms with Crippen molar-refractivity contribution in [3.8, 4) is 0 Å². The molecule has 1 amide bonds. The van der Waals surface area contributed by atoms with Gasteiger partial charge in [-0.1, -0.05) is 5.16 Å².